The smallest absolute Gasteiger partial charge is 0.305 e. The molecule has 0 fully saturated rings. The van der Waals surface area contributed by atoms with Gasteiger partial charge in [0.05, 0.1) is 19.8 Å². The van der Waals surface area contributed by atoms with Crippen LogP contribution >= 0.6 is 11.6 Å². The maximum absolute atomic E-state index is 14.0. The molecular formula is C27H28ClFO5. The van der Waals surface area contributed by atoms with Gasteiger partial charge in [0.2, 0.25) is 0 Å². The molecule has 5 nitrogen and oxygen atoms in total. The summed E-state index contributed by atoms with van der Waals surface area (Å²) in [7, 11) is 1.39. The Morgan fingerprint density at radius 3 is 2.56 bits per heavy atom. The first-order valence-corrected chi connectivity index (χ1v) is 11.4. The lowest BCUT2D eigenvalue weighted by molar-refractivity contribution is -0.140. The van der Waals surface area contributed by atoms with E-state index in [-0.39, 0.29) is 17.8 Å². The normalized spacial score (nSPS) is 11.6. The van der Waals surface area contributed by atoms with Crippen LogP contribution in [-0.4, -0.2) is 25.8 Å². The summed E-state index contributed by atoms with van der Waals surface area (Å²) in [4.78, 5) is 11.4. The van der Waals surface area contributed by atoms with Gasteiger partial charge in [-0.05, 0) is 67.8 Å². The molecule has 180 valence electrons. The first kappa shape index (κ1) is 25.4. The summed E-state index contributed by atoms with van der Waals surface area (Å²) in [6, 6.07) is 17.0. The van der Waals surface area contributed by atoms with Crippen molar-refractivity contribution in [3.63, 3.8) is 0 Å². The summed E-state index contributed by atoms with van der Waals surface area (Å²) in [6.45, 7) is 4.36. The molecule has 3 aromatic carbocycles. The van der Waals surface area contributed by atoms with Crippen LogP contribution in [0, 0.1) is 12.7 Å². The zero-order valence-electron chi connectivity index (χ0n) is 19.5. The Bertz CT molecular complexity index is 1120. The molecule has 0 heterocycles. The fourth-order valence-corrected chi connectivity index (χ4v) is 3.46. The maximum Gasteiger partial charge on any atom is 0.305 e. The van der Waals surface area contributed by atoms with Crippen LogP contribution in [0.2, 0.25) is 5.02 Å². The molecule has 3 rings (SSSR count). The summed E-state index contributed by atoms with van der Waals surface area (Å²) in [5.74, 6) is 0.949. The Morgan fingerprint density at radius 1 is 1.03 bits per heavy atom. The van der Waals surface area contributed by atoms with Crippen LogP contribution in [0.3, 0.4) is 0 Å². The van der Waals surface area contributed by atoms with Crippen molar-refractivity contribution in [1.29, 1.82) is 0 Å². The van der Waals surface area contributed by atoms with Gasteiger partial charge in [-0.15, -0.1) is 0 Å². The molecule has 1 atom stereocenters. The number of esters is 1. The number of para-hydroxylation sites is 1. The fourth-order valence-electron chi connectivity index (χ4n) is 3.30. The highest BCUT2D eigenvalue weighted by Gasteiger charge is 2.14. The van der Waals surface area contributed by atoms with E-state index in [4.69, 9.17) is 30.5 Å². The minimum absolute atomic E-state index is 0.0935. The monoisotopic (exact) mass is 486 g/mol. The number of hydrogen-bond donors (Lipinski definition) is 0. The van der Waals surface area contributed by atoms with Crippen LogP contribution in [0.25, 0.3) is 0 Å². The molecule has 0 spiro atoms. The van der Waals surface area contributed by atoms with Crippen molar-refractivity contribution < 1.29 is 28.1 Å². The summed E-state index contributed by atoms with van der Waals surface area (Å²) < 4.78 is 36.3. The SMILES string of the molecule is COC(=O)CCc1ccc(OCCC(C)Oc2ccc(Cl)cc2Oc2ccccc2F)cc1C. The van der Waals surface area contributed by atoms with E-state index >= 15 is 0 Å². The van der Waals surface area contributed by atoms with E-state index in [0.717, 1.165) is 16.9 Å². The average Bonchev–Trinajstić information content (AvgIpc) is 2.81. The number of ether oxygens (including phenoxy) is 4. The lowest BCUT2D eigenvalue weighted by Gasteiger charge is -2.18. The minimum atomic E-state index is -0.471. The molecule has 0 saturated heterocycles. The van der Waals surface area contributed by atoms with Gasteiger partial charge in [0.1, 0.15) is 5.75 Å². The van der Waals surface area contributed by atoms with Gasteiger partial charge in [-0.2, -0.15) is 0 Å². The molecule has 0 radical (unpaired) electrons. The largest absolute Gasteiger partial charge is 0.493 e. The second-order valence-electron chi connectivity index (χ2n) is 7.85. The number of benzene rings is 3. The molecule has 0 bridgehead atoms. The highest BCUT2D eigenvalue weighted by atomic mass is 35.5. The highest BCUT2D eigenvalue weighted by Crippen LogP contribution is 2.35. The minimum Gasteiger partial charge on any atom is -0.493 e. The summed E-state index contributed by atoms with van der Waals surface area (Å²) in [6.07, 6.45) is 1.40. The topological polar surface area (TPSA) is 54.0 Å². The molecule has 0 aromatic heterocycles. The first-order chi connectivity index (χ1) is 16.4. The zero-order chi connectivity index (χ0) is 24.5. The number of methoxy groups -OCH3 is 1. The van der Waals surface area contributed by atoms with E-state index in [1.807, 2.05) is 32.0 Å². The third kappa shape index (κ3) is 7.39. The predicted octanol–water partition coefficient (Wildman–Crippen LogP) is 6.92. The van der Waals surface area contributed by atoms with E-state index in [2.05, 4.69) is 0 Å². The van der Waals surface area contributed by atoms with Crippen LogP contribution in [0.1, 0.15) is 30.9 Å². The van der Waals surface area contributed by atoms with E-state index < -0.39 is 5.82 Å². The number of rotatable bonds is 11. The van der Waals surface area contributed by atoms with E-state index in [1.165, 1.54) is 13.2 Å². The Morgan fingerprint density at radius 2 is 1.82 bits per heavy atom. The quantitative estimate of drug-likeness (QED) is 0.275. The molecule has 0 amide bonds. The molecule has 3 aromatic rings. The van der Waals surface area contributed by atoms with Crippen molar-refractivity contribution in [1.82, 2.24) is 0 Å². The van der Waals surface area contributed by atoms with Gasteiger partial charge < -0.3 is 18.9 Å². The summed E-state index contributed by atoms with van der Waals surface area (Å²) in [5.41, 5.74) is 2.14. The first-order valence-electron chi connectivity index (χ1n) is 11.0. The number of carbonyl (C=O) groups is 1. The van der Waals surface area contributed by atoms with Gasteiger partial charge in [0.15, 0.2) is 23.1 Å². The van der Waals surface area contributed by atoms with E-state index in [1.54, 1.807) is 36.4 Å². The number of halogens is 2. The van der Waals surface area contributed by atoms with Gasteiger partial charge in [-0.25, -0.2) is 4.39 Å². The Kier molecular flexibility index (Phi) is 9.16. The van der Waals surface area contributed by atoms with Gasteiger partial charge >= 0.3 is 5.97 Å². The van der Waals surface area contributed by atoms with Crippen molar-refractivity contribution in [2.75, 3.05) is 13.7 Å². The highest BCUT2D eigenvalue weighted by molar-refractivity contribution is 6.30. The summed E-state index contributed by atoms with van der Waals surface area (Å²) >= 11 is 6.11. The van der Waals surface area contributed by atoms with E-state index in [9.17, 15) is 9.18 Å². The molecular weight excluding hydrogens is 459 g/mol. The predicted molar refractivity (Wildman–Crippen MR) is 130 cm³/mol. The number of hydrogen-bond acceptors (Lipinski definition) is 5. The Balaban J connectivity index is 1.54. The van der Waals surface area contributed by atoms with Crippen molar-refractivity contribution >= 4 is 17.6 Å². The Hall–Kier alpha value is -3.25. The van der Waals surface area contributed by atoms with Crippen molar-refractivity contribution in [3.05, 3.63) is 82.6 Å². The van der Waals surface area contributed by atoms with Crippen molar-refractivity contribution in [3.8, 4) is 23.0 Å². The lowest BCUT2D eigenvalue weighted by atomic mass is 10.0. The number of carbonyl (C=O) groups excluding carboxylic acids is 1. The van der Waals surface area contributed by atoms with Gasteiger partial charge in [0, 0.05) is 23.9 Å². The molecule has 0 saturated carbocycles. The average molecular weight is 487 g/mol. The molecule has 0 aliphatic rings. The Labute approximate surface area is 204 Å². The lowest BCUT2D eigenvalue weighted by Crippen LogP contribution is -2.16. The van der Waals surface area contributed by atoms with E-state index in [0.29, 0.717) is 42.4 Å². The fraction of sp³-hybridized carbons (Fsp3) is 0.296. The van der Waals surface area contributed by atoms with Crippen LogP contribution in [0.4, 0.5) is 4.39 Å². The molecule has 0 aliphatic heterocycles. The molecule has 0 N–H and O–H groups in total. The molecule has 34 heavy (non-hydrogen) atoms. The zero-order valence-corrected chi connectivity index (χ0v) is 20.2. The van der Waals surface area contributed by atoms with Gasteiger partial charge in [-0.3, -0.25) is 4.79 Å². The van der Waals surface area contributed by atoms with Crippen LogP contribution < -0.4 is 14.2 Å². The van der Waals surface area contributed by atoms with Gasteiger partial charge in [0.25, 0.3) is 0 Å². The molecule has 7 heteroatoms. The number of aryl methyl sites for hydroxylation is 2. The van der Waals surface area contributed by atoms with Gasteiger partial charge in [-0.1, -0.05) is 29.8 Å². The third-order valence-corrected chi connectivity index (χ3v) is 5.46. The van der Waals surface area contributed by atoms with Crippen molar-refractivity contribution in [2.45, 2.75) is 39.2 Å². The third-order valence-electron chi connectivity index (χ3n) is 5.22. The molecule has 1 unspecified atom stereocenters. The molecule has 0 aliphatic carbocycles. The van der Waals surface area contributed by atoms with Crippen LogP contribution in [-0.2, 0) is 16.0 Å². The standard InChI is InChI=1S/C27H28ClFO5/c1-18-16-22(11-8-20(18)9-13-27(30)31-3)32-15-14-19(2)33-25-12-10-21(28)17-26(25)34-24-7-5-4-6-23(24)29/h4-8,10-12,16-17,19H,9,13-15H2,1-3H3. The summed E-state index contributed by atoms with van der Waals surface area (Å²) in [5, 5.41) is 0.458. The van der Waals surface area contributed by atoms with Crippen LogP contribution in [0.15, 0.2) is 60.7 Å². The second-order valence-corrected chi connectivity index (χ2v) is 8.29. The van der Waals surface area contributed by atoms with Crippen molar-refractivity contribution in [2.24, 2.45) is 0 Å². The van der Waals surface area contributed by atoms with Crippen LogP contribution in [0.5, 0.6) is 23.0 Å². The maximum atomic E-state index is 14.0. The second kappa shape index (κ2) is 12.3.